The standard InChI is InChI=1S/C15H22N2/c1-11-8-9-14(12(2)10-11)17-15(16)13-6-4-3-5-7-13/h3-7,11-12,14H,8-10H2,1-2H3,(H2,16,17). The molecular weight excluding hydrogens is 208 g/mol. The minimum Gasteiger partial charge on any atom is -0.383 e. The Morgan fingerprint density at radius 2 is 1.88 bits per heavy atom. The molecule has 0 radical (unpaired) electrons. The Kier molecular flexibility index (Phi) is 3.82. The van der Waals surface area contributed by atoms with Crippen LogP contribution in [-0.4, -0.2) is 11.9 Å². The summed E-state index contributed by atoms with van der Waals surface area (Å²) in [4.78, 5) is 4.72. The van der Waals surface area contributed by atoms with Crippen LogP contribution in [-0.2, 0) is 0 Å². The van der Waals surface area contributed by atoms with E-state index in [9.17, 15) is 0 Å². The third-order valence-corrected chi connectivity index (χ3v) is 3.76. The molecule has 0 aromatic heterocycles. The first kappa shape index (κ1) is 12.2. The number of hydrogen-bond donors (Lipinski definition) is 1. The summed E-state index contributed by atoms with van der Waals surface area (Å²) in [5, 5.41) is 0. The van der Waals surface area contributed by atoms with E-state index in [0.29, 0.717) is 17.8 Å². The minimum atomic E-state index is 0.409. The summed E-state index contributed by atoms with van der Waals surface area (Å²) in [6, 6.07) is 10.5. The molecule has 0 spiro atoms. The highest BCUT2D eigenvalue weighted by Crippen LogP contribution is 2.30. The van der Waals surface area contributed by atoms with E-state index in [-0.39, 0.29) is 0 Å². The highest BCUT2D eigenvalue weighted by Gasteiger charge is 2.24. The van der Waals surface area contributed by atoms with Gasteiger partial charge in [-0.1, -0.05) is 44.2 Å². The van der Waals surface area contributed by atoms with E-state index in [1.165, 1.54) is 19.3 Å². The zero-order valence-corrected chi connectivity index (χ0v) is 10.8. The Labute approximate surface area is 104 Å². The van der Waals surface area contributed by atoms with Gasteiger partial charge in [-0.05, 0) is 31.1 Å². The predicted octanol–water partition coefficient (Wildman–Crippen LogP) is 3.22. The summed E-state index contributed by atoms with van der Waals surface area (Å²) in [5.74, 6) is 2.19. The summed E-state index contributed by atoms with van der Waals surface area (Å²) in [7, 11) is 0. The van der Waals surface area contributed by atoms with E-state index in [1.54, 1.807) is 0 Å². The summed E-state index contributed by atoms with van der Waals surface area (Å²) >= 11 is 0. The highest BCUT2D eigenvalue weighted by atomic mass is 14.9. The fourth-order valence-electron chi connectivity index (χ4n) is 2.70. The van der Waals surface area contributed by atoms with Gasteiger partial charge in [-0.15, -0.1) is 0 Å². The molecule has 0 saturated heterocycles. The number of amidine groups is 1. The first-order chi connectivity index (χ1) is 8.16. The molecule has 1 aliphatic rings. The summed E-state index contributed by atoms with van der Waals surface area (Å²) in [6.45, 7) is 4.62. The average Bonchev–Trinajstić information content (AvgIpc) is 2.34. The molecular formula is C15H22N2. The van der Waals surface area contributed by atoms with E-state index < -0.39 is 0 Å². The Bertz CT molecular complexity index is 383. The van der Waals surface area contributed by atoms with Gasteiger partial charge in [0.05, 0.1) is 6.04 Å². The monoisotopic (exact) mass is 230 g/mol. The molecule has 1 saturated carbocycles. The van der Waals surface area contributed by atoms with Gasteiger partial charge >= 0.3 is 0 Å². The van der Waals surface area contributed by atoms with Crippen LogP contribution in [0.25, 0.3) is 0 Å². The maximum absolute atomic E-state index is 6.07. The van der Waals surface area contributed by atoms with Crippen molar-refractivity contribution in [1.82, 2.24) is 0 Å². The van der Waals surface area contributed by atoms with Crippen LogP contribution in [0, 0.1) is 11.8 Å². The third-order valence-electron chi connectivity index (χ3n) is 3.76. The van der Waals surface area contributed by atoms with Gasteiger partial charge in [0, 0.05) is 5.56 Å². The second-order valence-corrected chi connectivity index (χ2v) is 5.34. The van der Waals surface area contributed by atoms with Crippen molar-refractivity contribution in [2.75, 3.05) is 0 Å². The van der Waals surface area contributed by atoms with Crippen molar-refractivity contribution in [3.63, 3.8) is 0 Å². The van der Waals surface area contributed by atoms with Gasteiger partial charge in [-0.3, -0.25) is 4.99 Å². The molecule has 1 aliphatic carbocycles. The number of aliphatic imine (C=N–C) groups is 1. The van der Waals surface area contributed by atoms with Gasteiger partial charge in [0.1, 0.15) is 5.84 Å². The van der Waals surface area contributed by atoms with Crippen LogP contribution in [0.4, 0.5) is 0 Å². The van der Waals surface area contributed by atoms with E-state index in [1.807, 2.05) is 30.3 Å². The van der Waals surface area contributed by atoms with E-state index in [4.69, 9.17) is 10.7 Å². The molecule has 0 heterocycles. The molecule has 2 rings (SSSR count). The normalized spacial score (nSPS) is 30.2. The molecule has 2 N–H and O–H groups in total. The van der Waals surface area contributed by atoms with Crippen molar-refractivity contribution < 1.29 is 0 Å². The van der Waals surface area contributed by atoms with Crippen LogP contribution in [0.3, 0.4) is 0 Å². The number of benzene rings is 1. The van der Waals surface area contributed by atoms with Gasteiger partial charge in [0.2, 0.25) is 0 Å². The quantitative estimate of drug-likeness (QED) is 0.615. The fourth-order valence-corrected chi connectivity index (χ4v) is 2.70. The lowest BCUT2D eigenvalue weighted by Gasteiger charge is -2.30. The smallest absolute Gasteiger partial charge is 0.125 e. The summed E-state index contributed by atoms with van der Waals surface area (Å²) in [6.07, 6.45) is 3.73. The van der Waals surface area contributed by atoms with Crippen LogP contribution in [0.15, 0.2) is 35.3 Å². The Morgan fingerprint density at radius 3 is 2.53 bits per heavy atom. The average molecular weight is 230 g/mol. The van der Waals surface area contributed by atoms with E-state index >= 15 is 0 Å². The lowest BCUT2D eigenvalue weighted by molar-refractivity contribution is 0.264. The first-order valence-electron chi connectivity index (χ1n) is 6.55. The van der Waals surface area contributed by atoms with Crippen molar-refractivity contribution in [2.24, 2.45) is 22.6 Å². The van der Waals surface area contributed by atoms with Gasteiger partial charge in [0.25, 0.3) is 0 Å². The van der Waals surface area contributed by atoms with Crippen molar-refractivity contribution in [2.45, 2.75) is 39.2 Å². The maximum Gasteiger partial charge on any atom is 0.125 e. The largest absolute Gasteiger partial charge is 0.383 e. The second kappa shape index (κ2) is 5.35. The summed E-state index contributed by atoms with van der Waals surface area (Å²) < 4.78 is 0. The van der Waals surface area contributed by atoms with Crippen LogP contribution >= 0.6 is 0 Å². The molecule has 2 heteroatoms. The third kappa shape index (κ3) is 3.09. The fraction of sp³-hybridized carbons (Fsp3) is 0.533. The second-order valence-electron chi connectivity index (χ2n) is 5.34. The molecule has 3 atom stereocenters. The molecule has 0 bridgehead atoms. The van der Waals surface area contributed by atoms with Crippen molar-refractivity contribution in [3.8, 4) is 0 Å². The SMILES string of the molecule is CC1CCC(N=C(N)c2ccccc2)C(C)C1. The van der Waals surface area contributed by atoms with Crippen molar-refractivity contribution in [1.29, 1.82) is 0 Å². The molecule has 92 valence electrons. The van der Waals surface area contributed by atoms with E-state index in [2.05, 4.69) is 13.8 Å². The first-order valence-corrected chi connectivity index (χ1v) is 6.55. The van der Waals surface area contributed by atoms with Gasteiger partial charge in [0.15, 0.2) is 0 Å². The number of hydrogen-bond acceptors (Lipinski definition) is 1. The highest BCUT2D eigenvalue weighted by molar-refractivity contribution is 5.97. The minimum absolute atomic E-state index is 0.409. The van der Waals surface area contributed by atoms with Crippen LogP contribution in [0.1, 0.15) is 38.7 Å². The van der Waals surface area contributed by atoms with Gasteiger partial charge in [-0.2, -0.15) is 0 Å². The van der Waals surface area contributed by atoms with Crippen molar-refractivity contribution >= 4 is 5.84 Å². The lowest BCUT2D eigenvalue weighted by atomic mass is 9.80. The molecule has 0 aliphatic heterocycles. The molecule has 1 aromatic carbocycles. The molecule has 17 heavy (non-hydrogen) atoms. The zero-order chi connectivity index (χ0) is 12.3. The van der Waals surface area contributed by atoms with Crippen LogP contribution in [0.5, 0.6) is 0 Å². The Hall–Kier alpha value is -1.31. The number of nitrogens with zero attached hydrogens (tertiary/aromatic N) is 1. The van der Waals surface area contributed by atoms with Crippen LogP contribution in [0.2, 0.25) is 0 Å². The molecule has 0 amide bonds. The van der Waals surface area contributed by atoms with Crippen molar-refractivity contribution in [3.05, 3.63) is 35.9 Å². The Morgan fingerprint density at radius 1 is 1.18 bits per heavy atom. The van der Waals surface area contributed by atoms with Crippen LogP contribution < -0.4 is 5.73 Å². The number of nitrogens with two attached hydrogens (primary N) is 1. The zero-order valence-electron chi connectivity index (χ0n) is 10.8. The van der Waals surface area contributed by atoms with Gasteiger partial charge < -0.3 is 5.73 Å². The molecule has 1 fully saturated rings. The number of rotatable bonds is 2. The molecule has 1 aromatic rings. The summed E-state index contributed by atoms with van der Waals surface area (Å²) in [5.41, 5.74) is 7.11. The molecule has 3 unspecified atom stereocenters. The van der Waals surface area contributed by atoms with Gasteiger partial charge in [-0.25, -0.2) is 0 Å². The topological polar surface area (TPSA) is 38.4 Å². The molecule has 2 nitrogen and oxygen atoms in total. The predicted molar refractivity (Wildman–Crippen MR) is 73.1 cm³/mol. The lowest BCUT2D eigenvalue weighted by Crippen LogP contribution is -2.28. The Balaban J connectivity index is 2.09. The maximum atomic E-state index is 6.07. The van der Waals surface area contributed by atoms with E-state index in [0.717, 1.165) is 11.5 Å².